The van der Waals surface area contributed by atoms with Crippen LogP contribution < -0.4 is 10.1 Å². The second kappa shape index (κ2) is 14.6. The van der Waals surface area contributed by atoms with Gasteiger partial charge in [-0.25, -0.2) is 9.59 Å². The number of halogens is 6. The maximum Gasteiger partial charge on any atom is 0.405 e. The Bertz CT molecular complexity index is 771. The number of carboxylic acid groups (broad SMARTS) is 1. The minimum atomic E-state index is -4.60. The standard InChI is InChI=1S/C22H30F6N2O5/c1-2-34-18(19(31)32)14-16-6-8-17(9-7-16)35-13-12-30(20(33)29-15-22(26,27)28)11-5-3-4-10-21(23,24)25/h6-9,18H,2-5,10-15H2,1H3,(H,29,33)(H,31,32). The summed E-state index contributed by atoms with van der Waals surface area (Å²) in [7, 11) is 0. The lowest BCUT2D eigenvalue weighted by molar-refractivity contribution is -0.150. The zero-order valence-electron chi connectivity index (χ0n) is 19.3. The van der Waals surface area contributed by atoms with E-state index in [9.17, 15) is 35.9 Å². The highest BCUT2D eigenvalue weighted by molar-refractivity contribution is 5.74. The van der Waals surface area contributed by atoms with Crippen LogP contribution in [0.1, 0.15) is 38.2 Å². The third-order valence-electron chi connectivity index (χ3n) is 4.73. The van der Waals surface area contributed by atoms with E-state index in [0.717, 1.165) is 4.90 Å². The summed E-state index contributed by atoms with van der Waals surface area (Å²) in [5.41, 5.74) is 0.685. The number of urea groups is 1. The van der Waals surface area contributed by atoms with Crippen LogP contribution in [0.3, 0.4) is 0 Å². The predicted octanol–water partition coefficient (Wildman–Crippen LogP) is 4.79. The van der Waals surface area contributed by atoms with Crippen molar-refractivity contribution in [3.05, 3.63) is 29.8 Å². The number of nitrogens with zero attached hydrogens (tertiary/aromatic N) is 1. The molecule has 1 aromatic carbocycles. The molecule has 0 fully saturated rings. The third-order valence-corrected chi connectivity index (χ3v) is 4.73. The lowest BCUT2D eigenvalue weighted by Crippen LogP contribution is -2.45. The maximum atomic E-state index is 12.4. The Hall–Kier alpha value is -2.70. The Morgan fingerprint density at radius 3 is 2.20 bits per heavy atom. The normalized spacial score (nSPS) is 12.8. The van der Waals surface area contributed by atoms with Crippen LogP contribution in [0.2, 0.25) is 0 Å². The lowest BCUT2D eigenvalue weighted by Gasteiger charge is -2.23. The summed E-state index contributed by atoms with van der Waals surface area (Å²) in [4.78, 5) is 24.4. The van der Waals surface area contributed by atoms with Crippen molar-refractivity contribution in [2.75, 3.05) is 32.8 Å². The first-order chi connectivity index (χ1) is 16.3. The zero-order chi connectivity index (χ0) is 26.5. The molecule has 200 valence electrons. The van der Waals surface area contributed by atoms with E-state index in [4.69, 9.17) is 14.6 Å². The number of unbranched alkanes of at least 4 members (excludes halogenated alkanes) is 2. The molecule has 2 N–H and O–H groups in total. The SMILES string of the molecule is CCOC(Cc1ccc(OCCN(CCCCCC(F)(F)F)C(=O)NCC(F)(F)F)cc1)C(=O)O. The second-order valence-corrected chi connectivity index (χ2v) is 7.67. The van der Waals surface area contributed by atoms with Gasteiger partial charge >= 0.3 is 24.4 Å². The Kier molecular flexibility index (Phi) is 12.7. The molecule has 0 saturated carbocycles. The fourth-order valence-electron chi connectivity index (χ4n) is 3.04. The first-order valence-corrected chi connectivity index (χ1v) is 11.0. The van der Waals surface area contributed by atoms with Gasteiger partial charge in [-0.3, -0.25) is 0 Å². The topological polar surface area (TPSA) is 88.1 Å². The molecule has 1 atom stereocenters. The van der Waals surface area contributed by atoms with Crippen molar-refractivity contribution in [3.8, 4) is 5.75 Å². The fraction of sp³-hybridized carbons (Fsp3) is 0.636. The minimum Gasteiger partial charge on any atom is -0.492 e. The molecule has 0 radical (unpaired) electrons. The summed E-state index contributed by atoms with van der Waals surface area (Å²) >= 11 is 0. The van der Waals surface area contributed by atoms with Gasteiger partial charge in [0.1, 0.15) is 18.9 Å². The van der Waals surface area contributed by atoms with Crippen LogP contribution in [0.5, 0.6) is 5.75 Å². The van der Waals surface area contributed by atoms with Gasteiger partial charge in [-0.05, 0) is 37.5 Å². The van der Waals surface area contributed by atoms with Gasteiger partial charge in [0.2, 0.25) is 0 Å². The number of hydrogen-bond donors (Lipinski definition) is 2. The molecule has 1 rings (SSSR count). The van der Waals surface area contributed by atoms with Crippen LogP contribution >= 0.6 is 0 Å². The molecule has 0 aromatic heterocycles. The molecule has 0 aliphatic carbocycles. The van der Waals surface area contributed by atoms with Gasteiger partial charge in [-0.15, -0.1) is 0 Å². The predicted molar refractivity (Wildman–Crippen MR) is 114 cm³/mol. The number of benzene rings is 1. The number of aliphatic carboxylic acids is 1. The van der Waals surface area contributed by atoms with Crippen molar-refractivity contribution in [1.82, 2.24) is 10.2 Å². The average Bonchev–Trinajstić information content (AvgIpc) is 2.75. The van der Waals surface area contributed by atoms with E-state index in [1.807, 2.05) is 0 Å². The van der Waals surface area contributed by atoms with Gasteiger partial charge in [0.25, 0.3) is 0 Å². The van der Waals surface area contributed by atoms with Crippen LogP contribution in [-0.4, -0.2) is 73.3 Å². The molecule has 0 spiro atoms. The molecule has 1 aromatic rings. The number of amides is 2. The van der Waals surface area contributed by atoms with Gasteiger partial charge in [0.15, 0.2) is 6.10 Å². The van der Waals surface area contributed by atoms with Gasteiger partial charge in [-0.1, -0.05) is 18.6 Å². The smallest absolute Gasteiger partial charge is 0.405 e. The van der Waals surface area contributed by atoms with E-state index in [-0.39, 0.29) is 52.0 Å². The Labute approximate surface area is 199 Å². The molecular weight excluding hydrogens is 486 g/mol. The van der Waals surface area contributed by atoms with E-state index in [2.05, 4.69) is 0 Å². The van der Waals surface area contributed by atoms with E-state index >= 15 is 0 Å². The minimum absolute atomic E-state index is 0.0299. The van der Waals surface area contributed by atoms with E-state index < -0.39 is 43.4 Å². The third kappa shape index (κ3) is 14.3. The number of rotatable bonds is 15. The lowest BCUT2D eigenvalue weighted by atomic mass is 10.1. The summed E-state index contributed by atoms with van der Waals surface area (Å²) in [6.45, 7) is 0.208. The molecule has 0 aliphatic heterocycles. The van der Waals surface area contributed by atoms with E-state index in [1.54, 1.807) is 36.5 Å². The molecule has 0 saturated heterocycles. The van der Waals surface area contributed by atoms with Crippen LogP contribution in [0.25, 0.3) is 0 Å². The highest BCUT2D eigenvalue weighted by atomic mass is 19.4. The number of nitrogens with one attached hydrogen (secondary N) is 1. The van der Waals surface area contributed by atoms with Crippen LogP contribution in [0.4, 0.5) is 31.1 Å². The molecule has 1 unspecified atom stereocenters. The van der Waals surface area contributed by atoms with Gasteiger partial charge < -0.3 is 24.8 Å². The molecule has 0 heterocycles. The monoisotopic (exact) mass is 516 g/mol. The summed E-state index contributed by atoms with van der Waals surface area (Å²) in [6.07, 6.45) is -10.5. The molecule has 0 bridgehead atoms. The summed E-state index contributed by atoms with van der Waals surface area (Å²) < 4.78 is 84.6. The summed E-state index contributed by atoms with van der Waals surface area (Å²) in [6, 6.07) is 5.43. The van der Waals surface area contributed by atoms with Crippen LogP contribution in [0.15, 0.2) is 24.3 Å². The largest absolute Gasteiger partial charge is 0.492 e. The van der Waals surface area contributed by atoms with Gasteiger partial charge in [-0.2, -0.15) is 26.3 Å². The fourth-order valence-corrected chi connectivity index (χ4v) is 3.04. The molecular formula is C22H30F6N2O5. The second-order valence-electron chi connectivity index (χ2n) is 7.67. The number of carbonyl (C=O) groups excluding carboxylic acids is 1. The van der Waals surface area contributed by atoms with Crippen LogP contribution in [-0.2, 0) is 16.0 Å². The summed E-state index contributed by atoms with van der Waals surface area (Å²) in [5, 5.41) is 10.9. The zero-order valence-corrected chi connectivity index (χ0v) is 19.3. The number of alkyl halides is 6. The van der Waals surface area contributed by atoms with E-state index in [0.29, 0.717) is 11.3 Å². The molecule has 0 aliphatic rings. The number of carboxylic acids is 1. The Morgan fingerprint density at radius 1 is 1.00 bits per heavy atom. The molecule has 2 amide bonds. The Morgan fingerprint density at radius 2 is 1.66 bits per heavy atom. The van der Waals surface area contributed by atoms with Crippen molar-refractivity contribution < 1.29 is 50.5 Å². The number of hydrogen-bond acceptors (Lipinski definition) is 4. The van der Waals surface area contributed by atoms with Crippen molar-refractivity contribution >= 4 is 12.0 Å². The van der Waals surface area contributed by atoms with Gasteiger partial charge in [0.05, 0.1) is 6.54 Å². The molecule has 7 nitrogen and oxygen atoms in total. The van der Waals surface area contributed by atoms with Crippen LogP contribution in [0, 0.1) is 0 Å². The van der Waals surface area contributed by atoms with Gasteiger partial charge in [0, 0.05) is 26.0 Å². The number of ether oxygens (including phenoxy) is 2. The maximum absolute atomic E-state index is 12.4. The van der Waals surface area contributed by atoms with Crippen molar-refractivity contribution in [1.29, 1.82) is 0 Å². The summed E-state index contributed by atoms with van der Waals surface area (Å²) in [5.74, 6) is -0.702. The molecule has 35 heavy (non-hydrogen) atoms. The average molecular weight is 516 g/mol. The van der Waals surface area contributed by atoms with Crippen molar-refractivity contribution in [2.24, 2.45) is 0 Å². The van der Waals surface area contributed by atoms with Crippen molar-refractivity contribution in [2.45, 2.75) is 57.5 Å². The number of carbonyl (C=O) groups is 2. The van der Waals surface area contributed by atoms with Crippen molar-refractivity contribution in [3.63, 3.8) is 0 Å². The first-order valence-electron chi connectivity index (χ1n) is 11.0. The molecule has 13 heteroatoms. The highest BCUT2D eigenvalue weighted by Crippen LogP contribution is 2.22. The first kappa shape index (κ1) is 30.3. The van der Waals surface area contributed by atoms with E-state index in [1.165, 1.54) is 0 Å². The highest BCUT2D eigenvalue weighted by Gasteiger charge is 2.29. The quantitative estimate of drug-likeness (QED) is 0.259. The Balaban J connectivity index is 2.59.